The van der Waals surface area contributed by atoms with Crippen molar-refractivity contribution >= 4 is 45.0 Å². The Hall–Kier alpha value is -3.57. The van der Waals surface area contributed by atoms with Gasteiger partial charge in [-0.3, -0.25) is 4.79 Å². The molecule has 0 saturated heterocycles. The van der Waals surface area contributed by atoms with Crippen LogP contribution in [0.5, 0.6) is 0 Å². The summed E-state index contributed by atoms with van der Waals surface area (Å²) in [5, 5.41) is 9.87. The van der Waals surface area contributed by atoms with E-state index in [9.17, 15) is 4.79 Å². The molecule has 5 rings (SSSR count). The third kappa shape index (κ3) is 3.18. The molecule has 31 heavy (non-hydrogen) atoms. The Morgan fingerprint density at radius 3 is 2.58 bits per heavy atom. The van der Waals surface area contributed by atoms with Crippen molar-refractivity contribution in [1.82, 2.24) is 9.72 Å². The average molecular weight is 430 g/mol. The third-order valence-electron chi connectivity index (χ3n) is 5.57. The molecule has 6 heteroatoms. The van der Waals surface area contributed by atoms with Crippen LogP contribution in [0.1, 0.15) is 23.0 Å². The number of para-hydroxylation sites is 1. The van der Waals surface area contributed by atoms with Crippen LogP contribution in [0, 0.1) is 6.92 Å². The molecule has 5 aromatic rings. The lowest BCUT2D eigenvalue weighted by molar-refractivity contribution is 0.102. The summed E-state index contributed by atoms with van der Waals surface area (Å²) in [6.07, 6.45) is 0. The maximum absolute atomic E-state index is 13.2. The number of benzene rings is 3. The fourth-order valence-corrected chi connectivity index (χ4v) is 4.37. The number of aryl methyl sites for hydroxylation is 2. The molecule has 0 unspecified atom stereocenters. The lowest BCUT2D eigenvalue weighted by atomic mass is 10.1. The first-order valence-corrected chi connectivity index (χ1v) is 10.5. The van der Waals surface area contributed by atoms with Crippen molar-refractivity contribution in [3.63, 3.8) is 0 Å². The molecule has 0 atom stereocenters. The Kier molecular flexibility index (Phi) is 4.75. The molecule has 0 aliphatic carbocycles. The lowest BCUT2D eigenvalue weighted by Gasteiger charge is -2.08. The van der Waals surface area contributed by atoms with E-state index in [1.165, 1.54) is 5.52 Å². The number of nitrogens with one attached hydrogen (secondary N) is 1. The molecule has 5 nitrogen and oxygen atoms in total. The van der Waals surface area contributed by atoms with E-state index in [1.807, 2.05) is 48.5 Å². The summed E-state index contributed by atoms with van der Waals surface area (Å²) in [5.41, 5.74) is 4.50. The summed E-state index contributed by atoms with van der Waals surface area (Å²) in [6.45, 7) is 4.73. The van der Waals surface area contributed by atoms with Gasteiger partial charge in [-0.1, -0.05) is 53.2 Å². The Labute approximate surface area is 184 Å². The normalized spacial score (nSPS) is 11.3. The van der Waals surface area contributed by atoms with E-state index in [1.54, 1.807) is 13.0 Å². The van der Waals surface area contributed by atoms with E-state index in [0.29, 0.717) is 33.3 Å². The number of fused-ring (bicyclic) bond motifs is 3. The summed E-state index contributed by atoms with van der Waals surface area (Å²) in [6, 6.07) is 21.5. The van der Waals surface area contributed by atoms with E-state index in [-0.39, 0.29) is 5.91 Å². The summed E-state index contributed by atoms with van der Waals surface area (Å²) in [7, 11) is 0. The third-order valence-corrected chi connectivity index (χ3v) is 5.89. The van der Waals surface area contributed by atoms with Gasteiger partial charge in [-0.25, -0.2) is 0 Å². The van der Waals surface area contributed by atoms with Crippen molar-refractivity contribution in [1.29, 1.82) is 0 Å². The Morgan fingerprint density at radius 2 is 1.77 bits per heavy atom. The zero-order valence-corrected chi connectivity index (χ0v) is 17.9. The van der Waals surface area contributed by atoms with Gasteiger partial charge in [0, 0.05) is 39.6 Å². The van der Waals surface area contributed by atoms with E-state index < -0.39 is 0 Å². The standard InChI is InChI=1S/C25H20ClN3O2/c1-3-29-21-11-7-5-8-17(21)19-14-16(12-13-22(19)29)27-25(30)23-15(2)31-28-24(23)18-9-4-6-10-20(18)26/h4-14H,3H2,1-2H3,(H,27,30). The SMILES string of the molecule is CCn1c2ccccc2c2cc(NC(=O)c3c(-c4ccccc4Cl)noc3C)ccc21. The molecule has 0 aliphatic rings. The van der Waals surface area contributed by atoms with Gasteiger partial charge in [0.15, 0.2) is 0 Å². The Morgan fingerprint density at radius 1 is 1.03 bits per heavy atom. The monoisotopic (exact) mass is 429 g/mol. The fraction of sp³-hybridized carbons (Fsp3) is 0.120. The maximum atomic E-state index is 13.2. The predicted molar refractivity (Wildman–Crippen MR) is 125 cm³/mol. The highest BCUT2D eigenvalue weighted by molar-refractivity contribution is 6.33. The minimum absolute atomic E-state index is 0.285. The van der Waals surface area contributed by atoms with Crippen molar-refractivity contribution in [3.05, 3.63) is 83.1 Å². The van der Waals surface area contributed by atoms with Crippen molar-refractivity contribution in [3.8, 4) is 11.3 Å². The van der Waals surface area contributed by atoms with Crippen LogP contribution in [0.15, 0.2) is 71.3 Å². The number of nitrogens with zero attached hydrogens (tertiary/aromatic N) is 2. The number of rotatable bonds is 4. The van der Waals surface area contributed by atoms with E-state index in [2.05, 4.69) is 34.1 Å². The lowest BCUT2D eigenvalue weighted by Crippen LogP contribution is -2.13. The minimum Gasteiger partial charge on any atom is -0.360 e. The van der Waals surface area contributed by atoms with Crippen LogP contribution in [-0.4, -0.2) is 15.6 Å². The van der Waals surface area contributed by atoms with Crippen LogP contribution >= 0.6 is 11.6 Å². The van der Waals surface area contributed by atoms with Crippen LogP contribution in [0.2, 0.25) is 5.02 Å². The molecule has 2 heterocycles. The first-order valence-electron chi connectivity index (χ1n) is 10.1. The molecule has 0 fully saturated rings. The van der Waals surface area contributed by atoms with Gasteiger partial charge in [-0.2, -0.15) is 0 Å². The van der Waals surface area contributed by atoms with Gasteiger partial charge in [-0.15, -0.1) is 0 Å². The summed E-state index contributed by atoms with van der Waals surface area (Å²) >= 11 is 6.33. The highest BCUT2D eigenvalue weighted by atomic mass is 35.5. The van der Waals surface area contributed by atoms with E-state index in [4.69, 9.17) is 16.1 Å². The highest BCUT2D eigenvalue weighted by Gasteiger charge is 2.23. The smallest absolute Gasteiger partial charge is 0.261 e. The van der Waals surface area contributed by atoms with Gasteiger partial charge < -0.3 is 14.4 Å². The number of aromatic nitrogens is 2. The average Bonchev–Trinajstić information content (AvgIpc) is 3.31. The van der Waals surface area contributed by atoms with Crippen molar-refractivity contribution in [2.24, 2.45) is 0 Å². The van der Waals surface area contributed by atoms with Gasteiger partial charge in [0.1, 0.15) is 17.0 Å². The van der Waals surface area contributed by atoms with Gasteiger partial charge >= 0.3 is 0 Å². The molecule has 2 aromatic heterocycles. The quantitative estimate of drug-likeness (QED) is 0.346. The molecule has 3 aromatic carbocycles. The van der Waals surface area contributed by atoms with E-state index in [0.717, 1.165) is 22.8 Å². The first-order chi connectivity index (χ1) is 15.1. The first kappa shape index (κ1) is 19.4. The molecule has 0 spiro atoms. The topological polar surface area (TPSA) is 60.1 Å². The number of anilines is 1. The van der Waals surface area contributed by atoms with Crippen LogP contribution in [-0.2, 0) is 6.54 Å². The second-order valence-corrected chi connectivity index (χ2v) is 7.80. The van der Waals surface area contributed by atoms with Gasteiger partial charge in [-0.05, 0) is 44.2 Å². The number of carbonyl (C=O) groups is 1. The van der Waals surface area contributed by atoms with E-state index >= 15 is 0 Å². The molecule has 0 aliphatic heterocycles. The van der Waals surface area contributed by atoms with Crippen molar-refractivity contribution < 1.29 is 9.32 Å². The molecule has 1 amide bonds. The van der Waals surface area contributed by atoms with Crippen LogP contribution in [0.3, 0.4) is 0 Å². The van der Waals surface area contributed by atoms with Gasteiger partial charge in [0.25, 0.3) is 5.91 Å². The molecule has 0 radical (unpaired) electrons. The summed E-state index contributed by atoms with van der Waals surface area (Å²) in [4.78, 5) is 13.2. The van der Waals surface area contributed by atoms with Crippen LogP contribution < -0.4 is 5.32 Å². The van der Waals surface area contributed by atoms with Gasteiger partial charge in [0.2, 0.25) is 0 Å². The second kappa shape index (κ2) is 7.60. The maximum Gasteiger partial charge on any atom is 0.261 e. The molecule has 1 N–H and O–H groups in total. The fourth-order valence-electron chi connectivity index (χ4n) is 4.14. The zero-order valence-electron chi connectivity index (χ0n) is 17.1. The number of carbonyl (C=O) groups excluding carboxylic acids is 1. The Balaban J connectivity index is 1.56. The Bertz CT molecular complexity index is 1450. The predicted octanol–water partition coefficient (Wildman–Crippen LogP) is 6.68. The molecule has 0 saturated carbocycles. The molecule has 154 valence electrons. The van der Waals surface area contributed by atoms with Crippen LogP contribution in [0.4, 0.5) is 5.69 Å². The second-order valence-electron chi connectivity index (χ2n) is 7.39. The number of halogens is 1. The number of hydrogen-bond donors (Lipinski definition) is 1. The number of hydrogen-bond acceptors (Lipinski definition) is 3. The van der Waals surface area contributed by atoms with Crippen molar-refractivity contribution in [2.75, 3.05) is 5.32 Å². The summed E-state index contributed by atoms with van der Waals surface area (Å²) in [5.74, 6) is 0.156. The largest absolute Gasteiger partial charge is 0.360 e. The molecular weight excluding hydrogens is 410 g/mol. The van der Waals surface area contributed by atoms with Gasteiger partial charge in [0.05, 0.1) is 5.02 Å². The number of amides is 1. The molecule has 0 bridgehead atoms. The van der Waals surface area contributed by atoms with Crippen molar-refractivity contribution in [2.45, 2.75) is 20.4 Å². The molecular formula is C25H20ClN3O2. The summed E-state index contributed by atoms with van der Waals surface area (Å²) < 4.78 is 7.61. The van der Waals surface area contributed by atoms with Crippen LogP contribution in [0.25, 0.3) is 33.1 Å². The highest BCUT2D eigenvalue weighted by Crippen LogP contribution is 2.33. The minimum atomic E-state index is -0.285. The zero-order chi connectivity index (χ0) is 21.5.